The second-order valence-electron chi connectivity index (χ2n) is 9.66. The van der Waals surface area contributed by atoms with Crippen molar-refractivity contribution in [2.24, 2.45) is 11.5 Å². The molecule has 10 N–H and O–H groups in total. The van der Waals surface area contributed by atoms with Crippen LogP contribution in [0, 0.1) is 0 Å². The first kappa shape index (κ1) is 33.9. The number of primary amides is 1. The van der Waals surface area contributed by atoms with Gasteiger partial charge in [0.2, 0.25) is 23.6 Å². The van der Waals surface area contributed by atoms with Gasteiger partial charge in [0.05, 0.1) is 6.04 Å². The number of benzene rings is 2. The summed E-state index contributed by atoms with van der Waals surface area (Å²) in [6.07, 6.45) is 1.60. The summed E-state index contributed by atoms with van der Waals surface area (Å²) in [6, 6.07) is 7.30. The van der Waals surface area contributed by atoms with Crippen molar-refractivity contribution < 1.29 is 39.3 Å². The molecule has 0 spiro atoms. The quantitative estimate of drug-likeness (QED) is 0.118. The van der Waals surface area contributed by atoms with E-state index < -0.39 is 53.8 Å². The standard InChI is InChI=1S/C28H37N5O8S/c1-42-13-12-21(31-25(37)20(29)14-16-2-6-18(34)7-3-16)26(38)33-23(15-17-4-8-19(35)9-5-17)27(39)32-22(28(40)41)10-11-24(30)36/h2-9,20-23,34-35H,10-15,29H2,1H3,(H2,30,36)(H,31,37)(H,32,39)(H,33,38)(H,40,41). The maximum absolute atomic E-state index is 13.4. The topological polar surface area (TPSA) is 234 Å². The molecule has 0 saturated carbocycles. The highest BCUT2D eigenvalue weighted by molar-refractivity contribution is 7.98. The van der Waals surface area contributed by atoms with Gasteiger partial charge >= 0.3 is 5.97 Å². The average molecular weight is 604 g/mol. The number of hydrogen-bond donors (Lipinski definition) is 8. The fraction of sp³-hybridized carbons (Fsp3) is 0.393. The molecule has 228 valence electrons. The highest BCUT2D eigenvalue weighted by Crippen LogP contribution is 2.13. The Bertz CT molecular complexity index is 1230. The van der Waals surface area contributed by atoms with Crippen LogP contribution in [0.15, 0.2) is 48.5 Å². The van der Waals surface area contributed by atoms with Crippen molar-refractivity contribution in [1.82, 2.24) is 16.0 Å². The molecule has 0 bridgehead atoms. The van der Waals surface area contributed by atoms with Crippen LogP contribution in [0.2, 0.25) is 0 Å². The zero-order chi connectivity index (χ0) is 31.2. The lowest BCUT2D eigenvalue weighted by molar-refractivity contribution is -0.142. The van der Waals surface area contributed by atoms with Gasteiger partial charge in [-0.1, -0.05) is 24.3 Å². The van der Waals surface area contributed by atoms with Crippen molar-refractivity contribution in [2.45, 2.75) is 56.3 Å². The minimum atomic E-state index is -1.44. The average Bonchev–Trinajstić information content (AvgIpc) is 2.94. The van der Waals surface area contributed by atoms with Crippen molar-refractivity contribution in [3.05, 3.63) is 59.7 Å². The number of rotatable bonds is 17. The largest absolute Gasteiger partial charge is 0.508 e. The minimum absolute atomic E-state index is 0.00957. The van der Waals surface area contributed by atoms with Gasteiger partial charge in [-0.05, 0) is 66.7 Å². The lowest BCUT2D eigenvalue weighted by atomic mass is 10.0. The number of thioether (sulfide) groups is 1. The van der Waals surface area contributed by atoms with Crippen LogP contribution in [0.3, 0.4) is 0 Å². The van der Waals surface area contributed by atoms with E-state index >= 15 is 0 Å². The van der Waals surface area contributed by atoms with E-state index in [0.717, 1.165) is 0 Å². The normalized spacial score (nSPS) is 13.7. The Morgan fingerprint density at radius 2 is 1.21 bits per heavy atom. The van der Waals surface area contributed by atoms with Gasteiger partial charge in [-0.15, -0.1) is 0 Å². The zero-order valence-electron chi connectivity index (χ0n) is 23.1. The van der Waals surface area contributed by atoms with Gasteiger partial charge in [-0.3, -0.25) is 19.2 Å². The first-order valence-corrected chi connectivity index (χ1v) is 14.5. The number of nitrogens with two attached hydrogens (primary N) is 2. The number of phenols is 2. The number of aromatic hydroxyl groups is 2. The van der Waals surface area contributed by atoms with Crippen molar-refractivity contribution in [3.63, 3.8) is 0 Å². The van der Waals surface area contributed by atoms with Crippen LogP contribution in [-0.2, 0) is 36.8 Å². The monoisotopic (exact) mass is 603 g/mol. The summed E-state index contributed by atoms with van der Waals surface area (Å²) in [6.45, 7) is 0. The Balaban J connectivity index is 2.21. The Hall–Kier alpha value is -4.30. The Morgan fingerprint density at radius 3 is 1.71 bits per heavy atom. The van der Waals surface area contributed by atoms with E-state index in [-0.39, 0.29) is 43.6 Å². The fourth-order valence-electron chi connectivity index (χ4n) is 3.93. The lowest BCUT2D eigenvalue weighted by Crippen LogP contribution is -2.58. The molecular formula is C28H37N5O8S. The predicted octanol–water partition coefficient (Wildman–Crippen LogP) is -0.232. The van der Waals surface area contributed by atoms with Gasteiger partial charge in [0.15, 0.2) is 0 Å². The third kappa shape index (κ3) is 11.7. The SMILES string of the molecule is CSCCC(NC(=O)C(N)Cc1ccc(O)cc1)C(=O)NC(Cc1ccc(O)cc1)C(=O)NC(CCC(N)=O)C(=O)O. The van der Waals surface area contributed by atoms with Gasteiger partial charge in [-0.2, -0.15) is 11.8 Å². The smallest absolute Gasteiger partial charge is 0.326 e. The van der Waals surface area contributed by atoms with E-state index in [1.54, 1.807) is 24.3 Å². The minimum Gasteiger partial charge on any atom is -0.508 e. The second kappa shape index (κ2) is 16.8. The van der Waals surface area contributed by atoms with Crippen molar-refractivity contribution >= 4 is 41.4 Å². The van der Waals surface area contributed by atoms with E-state index in [9.17, 15) is 39.3 Å². The van der Waals surface area contributed by atoms with Crippen LogP contribution in [0.4, 0.5) is 0 Å². The summed E-state index contributed by atoms with van der Waals surface area (Å²) in [5.41, 5.74) is 12.5. The molecule has 14 heteroatoms. The third-order valence-corrected chi connectivity index (χ3v) is 6.92. The molecule has 4 atom stereocenters. The number of aliphatic carboxylic acids is 1. The Morgan fingerprint density at radius 1 is 0.738 bits per heavy atom. The van der Waals surface area contributed by atoms with Crippen LogP contribution in [0.5, 0.6) is 11.5 Å². The number of hydrogen-bond acceptors (Lipinski definition) is 9. The summed E-state index contributed by atoms with van der Waals surface area (Å²) < 4.78 is 0. The van der Waals surface area contributed by atoms with E-state index in [1.807, 2.05) is 6.26 Å². The predicted molar refractivity (Wildman–Crippen MR) is 156 cm³/mol. The zero-order valence-corrected chi connectivity index (χ0v) is 23.9. The van der Waals surface area contributed by atoms with E-state index in [0.29, 0.717) is 16.9 Å². The van der Waals surface area contributed by atoms with Crippen molar-refractivity contribution in [1.29, 1.82) is 0 Å². The molecule has 0 aromatic heterocycles. The molecule has 2 rings (SSSR count). The molecule has 2 aromatic carbocycles. The molecule has 0 radical (unpaired) electrons. The maximum Gasteiger partial charge on any atom is 0.326 e. The number of carboxylic acid groups (broad SMARTS) is 1. The molecule has 0 aliphatic carbocycles. The molecule has 42 heavy (non-hydrogen) atoms. The number of phenolic OH excluding ortho intramolecular Hbond substituents is 2. The van der Waals surface area contributed by atoms with E-state index in [4.69, 9.17) is 11.5 Å². The Kier molecular flexibility index (Phi) is 13.6. The number of carbonyl (C=O) groups is 5. The second-order valence-corrected chi connectivity index (χ2v) is 10.6. The van der Waals surface area contributed by atoms with Crippen LogP contribution >= 0.6 is 11.8 Å². The molecule has 0 aliphatic heterocycles. The highest BCUT2D eigenvalue weighted by atomic mass is 32.2. The summed E-state index contributed by atoms with van der Waals surface area (Å²) in [7, 11) is 0. The van der Waals surface area contributed by atoms with Gasteiger partial charge in [0.25, 0.3) is 0 Å². The van der Waals surface area contributed by atoms with Crippen LogP contribution in [-0.4, -0.2) is 81.1 Å². The summed E-state index contributed by atoms with van der Waals surface area (Å²) in [5, 5.41) is 36.2. The number of carbonyl (C=O) groups excluding carboxylic acids is 4. The molecule has 0 fully saturated rings. The van der Waals surface area contributed by atoms with Gasteiger partial charge in [0, 0.05) is 12.8 Å². The summed E-state index contributed by atoms with van der Waals surface area (Å²) in [5.74, 6) is -3.67. The third-order valence-electron chi connectivity index (χ3n) is 6.28. The molecule has 0 heterocycles. The van der Waals surface area contributed by atoms with Gasteiger partial charge in [-0.25, -0.2) is 4.79 Å². The Labute approximate surface area is 247 Å². The first-order valence-electron chi connectivity index (χ1n) is 13.1. The van der Waals surface area contributed by atoms with Crippen LogP contribution < -0.4 is 27.4 Å². The number of carboxylic acids is 1. The molecular weight excluding hydrogens is 566 g/mol. The van der Waals surface area contributed by atoms with E-state index in [1.165, 1.54) is 36.0 Å². The van der Waals surface area contributed by atoms with Crippen LogP contribution in [0.25, 0.3) is 0 Å². The lowest BCUT2D eigenvalue weighted by Gasteiger charge is -2.25. The fourth-order valence-corrected chi connectivity index (χ4v) is 4.40. The maximum atomic E-state index is 13.4. The molecule has 4 unspecified atom stereocenters. The highest BCUT2D eigenvalue weighted by Gasteiger charge is 2.30. The molecule has 2 aromatic rings. The molecule has 0 saturated heterocycles. The van der Waals surface area contributed by atoms with E-state index in [2.05, 4.69) is 16.0 Å². The summed E-state index contributed by atoms with van der Waals surface area (Å²) in [4.78, 5) is 62.4. The summed E-state index contributed by atoms with van der Waals surface area (Å²) >= 11 is 1.44. The number of nitrogens with one attached hydrogen (secondary N) is 3. The van der Waals surface area contributed by atoms with Crippen molar-refractivity contribution in [2.75, 3.05) is 12.0 Å². The van der Waals surface area contributed by atoms with Crippen LogP contribution in [0.1, 0.15) is 30.4 Å². The number of amides is 4. The molecule has 0 aliphatic rings. The molecule has 4 amide bonds. The first-order chi connectivity index (χ1) is 19.9. The molecule has 13 nitrogen and oxygen atoms in total. The van der Waals surface area contributed by atoms with Gasteiger partial charge in [0.1, 0.15) is 29.6 Å². The van der Waals surface area contributed by atoms with Gasteiger partial charge < -0.3 is 42.7 Å². The van der Waals surface area contributed by atoms with Crippen molar-refractivity contribution in [3.8, 4) is 11.5 Å².